The predicted octanol–water partition coefficient (Wildman–Crippen LogP) is 2.17. The quantitative estimate of drug-likeness (QED) is 0.686. The molecule has 2 aromatic heterocycles. The molecule has 0 fully saturated rings. The summed E-state index contributed by atoms with van der Waals surface area (Å²) in [6, 6.07) is 11.4. The van der Waals surface area contributed by atoms with Crippen molar-refractivity contribution in [2.75, 3.05) is 0 Å². The molecule has 4 heteroatoms. The Morgan fingerprint density at radius 3 is 2.78 bits per heavy atom. The summed E-state index contributed by atoms with van der Waals surface area (Å²) in [5.41, 5.74) is 1.25. The number of hydrogen-bond donors (Lipinski definition) is 0. The third kappa shape index (κ3) is 2.00. The molecule has 0 aliphatic rings. The minimum atomic E-state index is -0.367. The number of pyridine rings is 1. The van der Waals surface area contributed by atoms with Crippen molar-refractivity contribution in [1.82, 2.24) is 9.97 Å². The fraction of sp³-hybridized carbons (Fsp3) is 0.0714. The molecule has 4 nitrogen and oxygen atoms in total. The molecule has 2 heterocycles. The van der Waals surface area contributed by atoms with Crippen LogP contribution in [-0.2, 0) is 6.42 Å². The van der Waals surface area contributed by atoms with Crippen molar-refractivity contribution < 1.29 is 4.42 Å². The zero-order chi connectivity index (χ0) is 12.4. The van der Waals surface area contributed by atoms with Gasteiger partial charge in [-0.3, -0.25) is 4.98 Å². The molecule has 0 spiro atoms. The zero-order valence-corrected chi connectivity index (χ0v) is 9.54. The molecule has 18 heavy (non-hydrogen) atoms. The van der Waals surface area contributed by atoms with Crippen molar-refractivity contribution in [2.45, 2.75) is 6.42 Å². The molecule has 0 amide bonds. The Hall–Kier alpha value is -2.49. The summed E-state index contributed by atoms with van der Waals surface area (Å²) in [5, 5.41) is 0.460. The van der Waals surface area contributed by atoms with Gasteiger partial charge in [0.05, 0.1) is 17.1 Å². The number of nitrogens with zero attached hydrogens (tertiary/aromatic N) is 2. The van der Waals surface area contributed by atoms with E-state index in [2.05, 4.69) is 9.97 Å². The lowest BCUT2D eigenvalue weighted by Crippen LogP contribution is -2.05. The minimum absolute atomic E-state index is 0.367. The van der Waals surface area contributed by atoms with Gasteiger partial charge in [0.1, 0.15) is 0 Å². The maximum absolute atomic E-state index is 11.8. The molecular formula is C14H10N2O2. The van der Waals surface area contributed by atoms with Gasteiger partial charge >= 0.3 is 5.63 Å². The van der Waals surface area contributed by atoms with Crippen LogP contribution in [-0.4, -0.2) is 9.97 Å². The Bertz CT molecular complexity index is 735. The first kappa shape index (κ1) is 10.7. The van der Waals surface area contributed by atoms with Crippen LogP contribution in [0.1, 0.15) is 11.5 Å². The summed E-state index contributed by atoms with van der Waals surface area (Å²) in [5.74, 6) is 0.409. The van der Waals surface area contributed by atoms with Gasteiger partial charge in [0.25, 0.3) is 0 Å². The van der Waals surface area contributed by atoms with Gasteiger partial charge < -0.3 is 4.42 Å². The Kier molecular flexibility index (Phi) is 2.61. The van der Waals surface area contributed by atoms with Crippen molar-refractivity contribution in [2.24, 2.45) is 0 Å². The van der Waals surface area contributed by atoms with E-state index in [1.807, 2.05) is 30.3 Å². The average molecular weight is 238 g/mol. The monoisotopic (exact) mass is 238 g/mol. The van der Waals surface area contributed by atoms with Crippen LogP contribution < -0.4 is 5.63 Å². The fourth-order valence-electron chi connectivity index (χ4n) is 1.81. The van der Waals surface area contributed by atoms with E-state index in [0.29, 0.717) is 23.2 Å². The van der Waals surface area contributed by atoms with Gasteiger partial charge in [0.2, 0.25) is 5.89 Å². The van der Waals surface area contributed by atoms with Crippen LogP contribution in [0, 0.1) is 0 Å². The normalized spacial score (nSPS) is 10.7. The summed E-state index contributed by atoms with van der Waals surface area (Å²) in [6.45, 7) is 0. The molecular weight excluding hydrogens is 228 g/mol. The molecule has 0 aliphatic heterocycles. The Morgan fingerprint density at radius 2 is 1.94 bits per heavy atom. The van der Waals surface area contributed by atoms with Crippen LogP contribution >= 0.6 is 0 Å². The Balaban J connectivity index is 2.06. The van der Waals surface area contributed by atoms with Gasteiger partial charge in [0, 0.05) is 12.6 Å². The van der Waals surface area contributed by atoms with Crippen LogP contribution in [0.5, 0.6) is 0 Å². The van der Waals surface area contributed by atoms with Gasteiger partial charge in [-0.15, -0.1) is 0 Å². The fourth-order valence-corrected chi connectivity index (χ4v) is 1.81. The number of fused-ring (bicyclic) bond motifs is 1. The van der Waals surface area contributed by atoms with E-state index in [1.54, 1.807) is 18.5 Å². The first-order valence-corrected chi connectivity index (χ1v) is 5.60. The van der Waals surface area contributed by atoms with Gasteiger partial charge in [-0.05, 0) is 11.6 Å². The zero-order valence-electron chi connectivity index (χ0n) is 9.54. The van der Waals surface area contributed by atoms with Gasteiger partial charge in [0.15, 0.2) is 0 Å². The highest BCUT2D eigenvalue weighted by Crippen LogP contribution is 2.09. The predicted molar refractivity (Wildman–Crippen MR) is 67.3 cm³/mol. The topological polar surface area (TPSA) is 56.0 Å². The third-order valence-electron chi connectivity index (χ3n) is 2.67. The molecule has 3 rings (SSSR count). The maximum Gasteiger partial charge on any atom is 0.346 e. The van der Waals surface area contributed by atoms with E-state index in [4.69, 9.17) is 4.42 Å². The number of rotatable bonds is 2. The lowest BCUT2D eigenvalue weighted by Gasteiger charge is -2.01. The van der Waals surface area contributed by atoms with E-state index in [1.165, 1.54) is 0 Å². The summed E-state index contributed by atoms with van der Waals surface area (Å²) in [7, 11) is 0. The standard InChI is InChI=1S/C14H10N2O2/c17-14-11-6-7-15-9-12(11)16-13(18-14)8-10-4-2-1-3-5-10/h1-7,9H,8H2. The average Bonchev–Trinajstić information content (AvgIpc) is 2.40. The molecule has 3 aromatic rings. The Labute approximate surface area is 103 Å². The molecule has 0 saturated heterocycles. The summed E-state index contributed by atoms with van der Waals surface area (Å²) < 4.78 is 5.20. The minimum Gasteiger partial charge on any atom is -0.408 e. The van der Waals surface area contributed by atoms with E-state index in [0.717, 1.165) is 5.56 Å². The number of hydrogen-bond acceptors (Lipinski definition) is 4. The van der Waals surface area contributed by atoms with Crippen molar-refractivity contribution in [3.8, 4) is 0 Å². The van der Waals surface area contributed by atoms with Crippen LogP contribution in [0.4, 0.5) is 0 Å². The largest absolute Gasteiger partial charge is 0.408 e. The second kappa shape index (κ2) is 4.41. The lowest BCUT2D eigenvalue weighted by atomic mass is 10.1. The number of aromatic nitrogens is 2. The Morgan fingerprint density at radius 1 is 1.11 bits per heavy atom. The van der Waals surface area contributed by atoms with E-state index >= 15 is 0 Å². The van der Waals surface area contributed by atoms with Crippen LogP contribution in [0.3, 0.4) is 0 Å². The second-order valence-corrected chi connectivity index (χ2v) is 3.95. The van der Waals surface area contributed by atoms with Gasteiger partial charge in [-0.25, -0.2) is 9.78 Å². The van der Waals surface area contributed by atoms with E-state index in [9.17, 15) is 4.79 Å². The third-order valence-corrected chi connectivity index (χ3v) is 2.67. The SMILES string of the molecule is O=c1oc(Cc2ccccc2)nc2cnccc12. The molecule has 0 aliphatic carbocycles. The molecule has 0 unspecified atom stereocenters. The lowest BCUT2D eigenvalue weighted by molar-refractivity contribution is 0.454. The van der Waals surface area contributed by atoms with Crippen molar-refractivity contribution in [1.29, 1.82) is 0 Å². The first-order chi connectivity index (χ1) is 8.83. The van der Waals surface area contributed by atoms with Crippen LogP contribution in [0.15, 0.2) is 58.0 Å². The molecule has 0 atom stereocenters. The molecule has 0 N–H and O–H groups in total. The number of benzene rings is 1. The molecule has 88 valence electrons. The molecule has 0 saturated carbocycles. The second-order valence-electron chi connectivity index (χ2n) is 3.95. The van der Waals surface area contributed by atoms with Crippen LogP contribution in [0.2, 0.25) is 0 Å². The molecule has 0 radical (unpaired) electrons. The summed E-state index contributed by atoms with van der Waals surface area (Å²) in [6.07, 6.45) is 3.62. The van der Waals surface area contributed by atoms with E-state index in [-0.39, 0.29) is 5.63 Å². The summed E-state index contributed by atoms with van der Waals surface area (Å²) in [4.78, 5) is 20.0. The van der Waals surface area contributed by atoms with Crippen molar-refractivity contribution in [3.63, 3.8) is 0 Å². The van der Waals surface area contributed by atoms with Gasteiger partial charge in [-0.1, -0.05) is 30.3 Å². The highest BCUT2D eigenvalue weighted by molar-refractivity contribution is 5.75. The highest BCUT2D eigenvalue weighted by Gasteiger charge is 2.06. The van der Waals surface area contributed by atoms with Crippen LogP contribution in [0.25, 0.3) is 10.9 Å². The maximum atomic E-state index is 11.8. The first-order valence-electron chi connectivity index (χ1n) is 5.60. The van der Waals surface area contributed by atoms with Crippen molar-refractivity contribution in [3.05, 3.63) is 70.7 Å². The smallest absolute Gasteiger partial charge is 0.346 e. The summed E-state index contributed by atoms with van der Waals surface area (Å²) >= 11 is 0. The molecule has 0 bridgehead atoms. The van der Waals surface area contributed by atoms with E-state index < -0.39 is 0 Å². The van der Waals surface area contributed by atoms with Crippen molar-refractivity contribution >= 4 is 10.9 Å². The molecule has 1 aromatic carbocycles. The van der Waals surface area contributed by atoms with Gasteiger partial charge in [-0.2, -0.15) is 0 Å². The highest BCUT2D eigenvalue weighted by atomic mass is 16.4.